The molecule has 5 nitrogen and oxygen atoms in total. The van der Waals surface area contributed by atoms with Gasteiger partial charge in [0.1, 0.15) is 11.1 Å². The second-order valence-corrected chi connectivity index (χ2v) is 5.25. The second kappa shape index (κ2) is 6.48. The van der Waals surface area contributed by atoms with Crippen molar-refractivity contribution in [2.24, 2.45) is 0 Å². The van der Waals surface area contributed by atoms with Gasteiger partial charge in [0.25, 0.3) is 5.91 Å². The molecular weight excluding hydrogens is 312 g/mol. The first-order chi connectivity index (χ1) is 10.1. The van der Waals surface area contributed by atoms with Gasteiger partial charge in [-0.1, -0.05) is 11.6 Å². The number of carbonyl (C=O) groups is 1. The number of benzene rings is 1. The minimum Gasteiger partial charge on any atom is -0.493 e. The van der Waals surface area contributed by atoms with Gasteiger partial charge in [-0.25, -0.2) is 0 Å². The van der Waals surface area contributed by atoms with Crippen LogP contribution in [0, 0.1) is 11.3 Å². The maximum absolute atomic E-state index is 12.2. The zero-order chi connectivity index (χ0) is 15.4. The molecule has 2 aromatic rings. The molecule has 0 aliphatic carbocycles. The Morgan fingerprint density at radius 2 is 2.14 bits per heavy atom. The van der Waals surface area contributed by atoms with E-state index in [0.717, 1.165) is 0 Å². The monoisotopic (exact) mass is 322 g/mol. The van der Waals surface area contributed by atoms with Gasteiger partial charge >= 0.3 is 0 Å². The van der Waals surface area contributed by atoms with E-state index in [1.807, 2.05) is 6.07 Å². The topological polar surface area (TPSA) is 71.3 Å². The molecule has 0 aliphatic rings. The molecule has 21 heavy (non-hydrogen) atoms. The maximum atomic E-state index is 12.2. The SMILES string of the molecule is COc1cc(C(=O)Nc2sccc2C#N)cc(Cl)c1OC. The molecule has 1 aromatic carbocycles. The number of hydrogen-bond donors (Lipinski definition) is 1. The minimum atomic E-state index is -0.378. The lowest BCUT2D eigenvalue weighted by Crippen LogP contribution is -2.12. The van der Waals surface area contributed by atoms with Crippen LogP contribution in [0.25, 0.3) is 0 Å². The Kier molecular flexibility index (Phi) is 4.68. The number of hydrogen-bond acceptors (Lipinski definition) is 5. The highest BCUT2D eigenvalue weighted by Crippen LogP contribution is 2.36. The fourth-order valence-electron chi connectivity index (χ4n) is 1.72. The van der Waals surface area contributed by atoms with Gasteiger partial charge in [0.05, 0.1) is 24.8 Å². The van der Waals surface area contributed by atoms with Gasteiger partial charge in [0, 0.05) is 5.56 Å². The van der Waals surface area contributed by atoms with Crippen LogP contribution in [0.1, 0.15) is 15.9 Å². The molecule has 0 spiro atoms. The van der Waals surface area contributed by atoms with Crippen LogP contribution in [0.15, 0.2) is 23.6 Å². The van der Waals surface area contributed by atoms with Crippen molar-refractivity contribution in [3.63, 3.8) is 0 Å². The van der Waals surface area contributed by atoms with Crippen LogP contribution in [0.4, 0.5) is 5.00 Å². The Hall–Kier alpha value is -2.23. The van der Waals surface area contributed by atoms with Crippen LogP contribution in [-0.4, -0.2) is 20.1 Å². The lowest BCUT2D eigenvalue weighted by molar-refractivity contribution is 0.102. The fourth-order valence-corrected chi connectivity index (χ4v) is 2.74. The van der Waals surface area contributed by atoms with E-state index >= 15 is 0 Å². The van der Waals surface area contributed by atoms with E-state index in [4.69, 9.17) is 26.3 Å². The maximum Gasteiger partial charge on any atom is 0.256 e. The van der Waals surface area contributed by atoms with E-state index < -0.39 is 0 Å². The van der Waals surface area contributed by atoms with Gasteiger partial charge in [-0.15, -0.1) is 11.3 Å². The number of anilines is 1. The Morgan fingerprint density at radius 1 is 1.38 bits per heavy atom. The molecule has 2 rings (SSSR count). The summed E-state index contributed by atoms with van der Waals surface area (Å²) in [4.78, 5) is 12.2. The zero-order valence-electron chi connectivity index (χ0n) is 11.3. The standard InChI is InChI=1S/C14H11ClN2O3S/c1-19-11-6-9(5-10(15)12(11)20-2)13(18)17-14-8(7-16)3-4-21-14/h3-6H,1-2H3,(H,17,18). The van der Waals surface area contributed by atoms with E-state index in [1.54, 1.807) is 11.4 Å². The van der Waals surface area contributed by atoms with E-state index in [1.165, 1.54) is 37.7 Å². The van der Waals surface area contributed by atoms with Crippen molar-refractivity contribution in [2.75, 3.05) is 19.5 Å². The van der Waals surface area contributed by atoms with Crippen LogP contribution in [-0.2, 0) is 0 Å². The van der Waals surface area contributed by atoms with E-state index in [-0.39, 0.29) is 10.9 Å². The third-order valence-electron chi connectivity index (χ3n) is 2.71. The summed E-state index contributed by atoms with van der Waals surface area (Å²) in [5.41, 5.74) is 0.731. The van der Waals surface area contributed by atoms with Gasteiger partial charge in [-0.3, -0.25) is 4.79 Å². The van der Waals surface area contributed by atoms with Crippen molar-refractivity contribution in [1.29, 1.82) is 5.26 Å². The first-order valence-electron chi connectivity index (χ1n) is 5.81. The Morgan fingerprint density at radius 3 is 2.76 bits per heavy atom. The number of methoxy groups -OCH3 is 2. The van der Waals surface area contributed by atoms with Crippen molar-refractivity contribution < 1.29 is 14.3 Å². The van der Waals surface area contributed by atoms with Crippen molar-refractivity contribution in [2.45, 2.75) is 0 Å². The van der Waals surface area contributed by atoms with Gasteiger partial charge in [0.2, 0.25) is 0 Å². The fraction of sp³-hybridized carbons (Fsp3) is 0.143. The van der Waals surface area contributed by atoms with Crippen LogP contribution in [0.2, 0.25) is 5.02 Å². The number of carbonyl (C=O) groups excluding carboxylic acids is 1. The molecule has 0 saturated heterocycles. The predicted molar refractivity (Wildman–Crippen MR) is 81.5 cm³/mol. The molecule has 0 atom stereocenters. The first-order valence-corrected chi connectivity index (χ1v) is 7.07. The summed E-state index contributed by atoms with van der Waals surface area (Å²) >= 11 is 7.34. The smallest absolute Gasteiger partial charge is 0.256 e. The van der Waals surface area contributed by atoms with Crippen LogP contribution in [0.3, 0.4) is 0 Å². The Balaban J connectivity index is 2.32. The number of rotatable bonds is 4. The number of thiophene rings is 1. The molecule has 0 bridgehead atoms. The third-order valence-corrected chi connectivity index (χ3v) is 3.82. The molecule has 0 fully saturated rings. The van der Waals surface area contributed by atoms with Crippen LogP contribution < -0.4 is 14.8 Å². The van der Waals surface area contributed by atoms with Gasteiger partial charge in [-0.2, -0.15) is 5.26 Å². The average Bonchev–Trinajstić information content (AvgIpc) is 2.93. The number of ether oxygens (including phenoxy) is 2. The zero-order valence-corrected chi connectivity index (χ0v) is 12.8. The summed E-state index contributed by atoms with van der Waals surface area (Å²) in [6, 6.07) is 6.66. The van der Waals surface area contributed by atoms with Gasteiger partial charge in [0.15, 0.2) is 11.5 Å². The lowest BCUT2D eigenvalue weighted by atomic mass is 10.2. The molecule has 1 amide bonds. The predicted octanol–water partition coefficient (Wildman–Crippen LogP) is 3.54. The summed E-state index contributed by atoms with van der Waals surface area (Å²) in [5.74, 6) is 0.350. The van der Waals surface area contributed by atoms with Crippen LogP contribution in [0.5, 0.6) is 11.5 Å². The Labute approximate surface area is 130 Å². The molecular formula is C14H11ClN2O3S. The highest BCUT2D eigenvalue weighted by atomic mass is 35.5. The normalized spacial score (nSPS) is 9.81. The number of amides is 1. The summed E-state index contributed by atoms with van der Waals surface area (Å²) in [6.45, 7) is 0. The molecule has 0 aliphatic heterocycles. The summed E-state index contributed by atoms with van der Waals surface area (Å²) < 4.78 is 10.3. The second-order valence-electron chi connectivity index (χ2n) is 3.92. The van der Waals surface area contributed by atoms with Gasteiger partial charge in [-0.05, 0) is 23.6 Å². The molecule has 1 N–H and O–H groups in total. The molecule has 0 radical (unpaired) electrons. The summed E-state index contributed by atoms with van der Waals surface area (Å²) in [5, 5.41) is 14.1. The highest BCUT2D eigenvalue weighted by molar-refractivity contribution is 7.14. The highest BCUT2D eigenvalue weighted by Gasteiger charge is 2.16. The summed E-state index contributed by atoms with van der Waals surface area (Å²) in [6.07, 6.45) is 0. The molecule has 0 unspecified atom stereocenters. The average molecular weight is 323 g/mol. The number of nitrogens with one attached hydrogen (secondary N) is 1. The van der Waals surface area contributed by atoms with Crippen LogP contribution >= 0.6 is 22.9 Å². The van der Waals surface area contributed by atoms with Gasteiger partial charge < -0.3 is 14.8 Å². The quantitative estimate of drug-likeness (QED) is 0.934. The number of halogens is 1. The minimum absolute atomic E-state index is 0.272. The van der Waals surface area contributed by atoms with Crippen molar-refractivity contribution in [1.82, 2.24) is 0 Å². The van der Waals surface area contributed by atoms with Crippen molar-refractivity contribution in [3.8, 4) is 17.6 Å². The number of nitriles is 1. The number of nitrogens with zero attached hydrogens (tertiary/aromatic N) is 1. The van der Waals surface area contributed by atoms with Crippen molar-refractivity contribution in [3.05, 3.63) is 39.7 Å². The molecule has 7 heteroatoms. The molecule has 1 aromatic heterocycles. The lowest BCUT2D eigenvalue weighted by Gasteiger charge is -2.11. The molecule has 0 saturated carbocycles. The van der Waals surface area contributed by atoms with Crippen molar-refractivity contribution >= 4 is 33.8 Å². The van der Waals surface area contributed by atoms with E-state index in [2.05, 4.69) is 5.32 Å². The molecule has 1 heterocycles. The van der Waals surface area contributed by atoms with E-state index in [9.17, 15) is 4.79 Å². The largest absolute Gasteiger partial charge is 0.493 e. The first kappa shape index (κ1) is 15.2. The summed E-state index contributed by atoms with van der Waals surface area (Å²) in [7, 11) is 2.93. The molecule has 108 valence electrons. The third kappa shape index (κ3) is 3.10. The van der Waals surface area contributed by atoms with E-state index in [0.29, 0.717) is 27.6 Å². The Bertz CT molecular complexity index is 721.